The summed E-state index contributed by atoms with van der Waals surface area (Å²) >= 11 is 6.99. The summed E-state index contributed by atoms with van der Waals surface area (Å²) in [6.45, 7) is 4.08. The summed E-state index contributed by atoms with van der Waals surface area (Å²) < 4.78 is 10.4. The van der Waals surface area contributed by atoms with Crippen LogP contribution in [-0.2, 0) is 9.59 Å². The number of imide groups is 1. The fraction of sp³-hybridized carbons (Fsp3) is 0.389. The highest BCUT2D eigenvalue weighted by Crippen LogP contribution is 2.37. The molecule has 1 aliphatic heterocycles. The molecule has 7 nitrogen and oxygen atoms in total. The van der Waals surface area contributed by atoms with Crippen LogP contribution in [0.25, 0.3) is 6.08 Å². The number of nitrogens with one attached hydrogen (secondary N) is 1. The molecular formula is C18H21ClN2O5S. The van der Waals surface area contributed by atoms with Gasteiger partial charge in [0.05, 0.1) is 24.1 Å². The molecule has 9 heteroatoms. The fourth-order valence-corrected chi connectivity index (χ4v) is 3.31. The van der Waals surface area contributed by atoms with E-state index in [1.807, 2.05) is 13.8 Å². The van der Waals surface area contributed by atoms with Gasteiger partial charge in [-0.3, -0.25) is 19.3 Å². The number of thioether (sulfide) groups is 1. The maximum Gasteiger partial charge on any atom is 0.294 e. The Morgan fingerprint density at radius 1 is 1.26 bits per heavy atom. The van der Waals surface area contributed by atoms with Crippen LogP contribution in [0.2, 0.25) is 5.02 Å². The van der Waals surface area contributed by atoms with Crippen molar-refractivity contribution < 1.29 is 23.9 Å². The van der Waals surface area contributed by atoms with E-state index in [2.05, 4.69) is 5.32 Å². The van der Waals surface area contributed by atoms with Crippen molar-refractivity contribution in [2.24, 2.45) is 5.92 Å². The molecule has 0 atom stereocenters. The zero-order chi connectivity index (χ0) is 20.1. The number of methoxy groups -OCH3 is 2. The first-order valence-electron chi connectivity index (χ1n) is 8.20. The van der Waals surface area contributed by atoms with E-state index in [9.17, 15) is 14.4 Å². The van der Waals surface area contributed by atoms with E-state index < -0.39 is 11.1 Å². The van der Waals surface area contributed by atoms with Gasteiger partial charge in [-0.15, -0.1) is 0 Å². The van der Waals surface area contributed by atoms with E-state index >= 15 is 0 Å². The Morgan fingerprint density at radius 3 is 2.48 bits per heavy atom. The zero-order valence-corrected chi connectivity index (χ0v) is 17.1. The third-order valence-corrected chi connectivity index (χ3v) is 4.91. The van der Waals surface area contributed by atoms with Crippen molar-refractivity contribution in [3.05, 3.63) is 27.6 Å². The van der Waals surface area contributed by atoms with Gasteiger partial charge in [-0.1, -0.05) is 25.4 Å². The van der Waals surface area contributed by atoms with Gasteiger partial charge in [0.15, 0.2) is 11.5 Å². The Balaban J connectivity index is 2.20. The molecule has 0 bridgehead atoms. The van der Waals surface area contributed by atoms with Gasteiger partial charge in [-0.2, -0.15) is 0 Å². The van der Waals surface area contributed by atoms with Gasteiger partial charge in [-0.05, 0) is 35.4 Å². The maximum absolute atomic E-state index is 12.5. The van der Waals surface area contributed by atoms with Crippen molar-refractivity contribution in [1.29, 1.82) is 0 Å². The molecule has 27 heavy (non-hydrogen) atoms. The van der Waals surface area contributed by atoms with E-state index in [1.165, 1.54) is 20.3 Å². The molecule has 3 amide bonds. The quantitative estimate of drug-likeness (QED) is 0.692. The molecular weight excluding hydrogens is 392 g/mol. The Hall–Kier alpha value is -2.19. The van der Waals surface area contributed by atoms with E-state index in [0.717, 1.165) is 16.7 Å². The number of carbonyl (C=O) groups is 3. The van der Waals surface area contributed by atoms with Crippen LogP contribution in [0, 0.1) is 5.92 Å². The van der Waals surface area contributed by atoms with Crippen LogP contribution in [0.1, 0.15) is 19.4 Å². The molecule has 1 fully saturated rings. The number of benzene rings is 1. The monoisotopic (exact) mass is 412 g/mol. The number of hydrogen-bond donors (Lipinski definition) is 1. The largest absolute Gasteiger partial charge is 0.493 e. The minimum atomic E-state index is -0.532. The number of ether oxygens (including phenoxy) is 2. The molecule has 0 aliphatic carbocycles. The summed E-state index contributed by atoms with van der Waals surface area (Å²) in [7, 11) is 2.97. The Labute approximate surface area is 167 Å². The summed E-state index contributed by atoms with van der Waals surface area (Å²) in [6, 6.07) is 3.18. The smallest absolute Gasteiger partial charge is 0.294 e. The number of carbonyl (C=O) groups excluding carboxylic acids is 3. The van der Waals surface area contributed by atoms with Crippen molar-refractivity contribution in [3.63, 3.8) is 0 Å². The van der Waals surface area contributed by atoms with Gasteiger partial charge in [-0.25, -0.2) is 0 Å². The summed E-state index contributed by atoms with van der Waals surface area (Å²) in [4.78, 5) is 37.7. The van der Waals surface area contributed by atoms with Crippen LogP contribution < -0.4 is 14.8 Å². The number of rotatable bonds is 7. The lowest BCUT2D eigenvalue weighted by atomic mass is 10.1. The zero-order valence-electron chi connectivity index (χ0n) is 15.5. The summed E-state index contributed by atoms with van der Waals surface area (Å²) in [5, 5.41) is 2.53. The highest BCUT2D eigenvalue weighted by molar-refractivity contribution is 8.18. The summed E-state index contributed by atoms with van der Waals surface area (Å²) in [6.07, 6.45) is 1.50. The molecule has 1 N–H and O–H groups in total. The lowest BCUT2D eigenvalue weighted by molar-refractivity contribution is -0.129. The van der Waals surface area contributed by atoms with Crippen LogP contribution in [0.15, 0.2) is 17.0 Å². The molecule has 146 valence electrons. The molecule has 0 spiro atoms. The fourth-order valence-electron chi connectivity index (χ4n) is 2.28. The van der Waals surface area contributed by atoms with Gasteiger partial charge in [0.1, 0.15) is 6.54 Å². The predicted octanol–water partition coefficient (Wildman–Crippen LogP) is 3.17. The van der Waals surface area contributed by atoms with Crippen molar-refractivity contribution in [2.45, 2.75) is 13.8 Å². The Bertz CT molecular complexity index is 794. The van der Waals surface area contributed by atoms with Gasteiger partial charge in [0.25, 0.3) is 11.1 Å². The second-order valence-electron chi connectivity index (χ2n) is 6.19. The van der Waals surface area contributed by atoms with Gasteiger partial charge < -0.3 is 14.8 Å². The van der Waals surface area contributed by atoms with E-state index in [-0.39, 0.29) is 23.3 Å². The average Bonchev–Trinajstić information content (AvgIpc) is 2.88. The lowest BCUT2D eigenvalue weighted by Crippen LogP contribution is -2.40. The molecule has 1 aromatic carbocycles. The van der Waals surface area contributed by atoms with Gasteiger partial charge in [0.2, 0.25) is 5.91 Å². The first-order chi connectivity index (χ1) is 12.8. The van der Waals surface area contributed by atoms with Crippen LogP contribution in [0.3, 0.4) is 0 Å². The molecule has 1 aromatic rings. The second kappa shape index (κ2) is 9.14. The lowest BCUT2D eigenvalue weighted by Gasteiger charge is -2.13. The van der Waals surface area contributed by atoms with Crippen LogP contribution in [-0.4, -0.2) is 49.3 Å². The van der Waals surface area contributed by atoms with Crippen LogP contribution in [0.5, 0.6) is 11.5 Å². The van der Waals surface area contributed by atoms with Crippen molar-refractivity contribution in [2.75, 3.05) is 27.3 Å². The van der Waals surface area contributed by atoms with Crippen LogP contribution >= 0.6 is 23.4 Å². The molecule has 1 aliphatic rings. The summed E-state index contributed by atoms with van der Waals surface area (Å²) in [5.74, 6) is 0.262. The Morgan fingerprint density at radius 2 is 1.89 bits per heavy atom. The highest BCUT2D eigenvalue weighted by Gasteiger charge is 2.36. The first kappa shape index (κ1) is 21.1. The number of amides is 3. The van der Waals surface area contributed by atoms with E-state index in [1.54, 1.807) is 12.1 Å². The molecule has 0 aromatic heterocycles. The number of hydrogen-bond acceptors (Lipinski definition) is 6. The number of nitrogens with zero attached hydrogens (tertiary/aromatic N) is 1. The minimum Gasteiger partial charge on any atom is -0.493 e. The van der Waals surface area contributed by atoms with Crippen molar-refractivity contribution in [1.82, 2.24) is 10.2 Å². The molecule has 1 heterocycles. The first-order valence-corrected chi connectivity index (χ1v) is 9.39. The minimum absolute atomic E-state index is 0.186. The molecule has 0 radical (unpaired) electrons. The van der Waals surface area contributed by atoms with Crippen LogP contribution in [0.4, 0.5) is 4.79 Å². The highest BCUT2D eigenvalue weighted by atomic mass is 35.5. The van der Waals surface area contributed by atoms with Crippen molar-refractivity contribution in [3.8, 4) is 11.5 Å². The predicted molar refractivity (Wildman–Crippen MR) is 105 cm³/mol. The van der Waals surface area contributed by atoms with Crippen molar-refractivity contribution >= 4 is 46.5 Å². The van der Waals surface area contributed by atoms with E-state index in [4.69, 9.17) is 21.1 Å². The number of halogens is 1. The SMILES string of the molecule is COc1cc(Cl)c(/C=C2\SC(=O)N(CC(=O)NCC(C)C)C2=O)cc1OC. The maximum atomic E-state index is 12.5. The normalized spacial score (nSPS) is 15.6. The molecule has 1 saturated heterocycles. The summed E-state index contributed by atoms with van der Waals surface area (Å²) in [5.41, 5.74) is 0.504. The molecule has 0 saturated carbocycles. The van der Waals surface area contributed by atoms with E-state index in [0.29, 0.717) is 28.6 Å². The molecule has 0 unspecified atom stereocenters. The van der Waals surface area contributed by atoms with Gasteiger partial charge >= 0.3 is 0 Å². The Kier molecular flexibility index (Phi) is 7.15. The topological polar surface area (TPSA) is 84.9 Å². The standard InChI is InChI=1S/C18H21ClN2O5S/c1-10(2)8-20-16(22)9-21-17(23)15(27-18(21)24)6-11-5-13(25-3)14(26-4)7-12(11)19/h5-7,10H,8-9H2,1-4H3,(H,20,22)/b15-6-. The van der Waals surface area contributed by atoms with Gasteiger partial charge in [0, 0.05) is 12.6 Å². The third kappa shape index (κ3) is 5.17. The third-order valence-electron chi connectivity index (χ3n) is 3.67. The second-order valence-corrected chi connectivity index (χ2v) is 7.59. The average molecular weight is 413 g/mol. The molecule has 2 rings (SSSR count).